The van der Waals surface area contributed by atoms with Gasteiger partial charge in [-0.05, 0) is 17.7 Å². The summed E-state index contributed by atoms with van der Waals surface area (Å²) in [7, 11) is 0. The van der Waals surface area contributed by atoms with Crippen LogP contribution in [0.3, 0.4) is 0 Å². The number of amides is 1. The van der Waals surface area contributed by atoms with Gasteiger partial charge in [-0.15, -0.1) is 0 Å². The van der Waals surface area contributed by atoms with Crippen LogP contribution in [0.15, 0.2) is 24.3 Å². The van der Waals surface area contributed by atoms with Crippen molar-refractivity contribution in [3.05, 3.63) is 35.4 Å². The normalized spacial score (nSPS) is 13.2. The van der Waals surface area contributed by atoms with Crippen LogP contribution in [0.2, 0.25) is 0 Å². The lowest BCUT2D eigenvalue weighted by Gasteiger charge is -2.12. The summed E-state index contributed by atoms with van der Waals surface area (Å²) in [4.78, 5) is 10.6. The first-order chi connectivity index (χ1) is 7.80. The third kappa shape index (κ3) is 4.07. The van der Waals surface area contributed by atoms with Gasteiger partial charge in [0.25, 0.3) is 0 Å². The van der Waals surface area contributed by atoms with Crippen LogP contribution in [-0.4, -0.2) is 17.6 Å². The molecule has 0 aliphatic rings. The van der Waals surface area contributed by atoms with E-state index in [-0.39, 0.29) is 12.5 Å². The molecule has 0 saturated heterocycles. The molecule has 0 radical (unpaired) electrons. The van der Waals surface area contributed by atoms with Gasteiger partial charge in [-0.25, -0.2) is 0 Å². The number of carbonyl (C=O) groups excluding carboxylic acids is 1. The van der Waals surface area contributed by atoms with Crippen molar-refractivity contribution < 1.29 is 23.1 Å². The molecule has 1 unspecified atom stereocenters. The van der Waals surface area contributed by atoms with Crippen molar-refractivity contribution in [1.29, 1.82) is 0 Å². The largest absolute Gasteiger partial charge is 0.416 e. The third-order valence-corrected chi connectivity index (χ3v) is 2.17. The Labute approximate surface area is 96.3 Å². The van der Waals surface area contributed by atoms with Crippen molar-refractivity contribution in [3.8, 4) is 0 Å². The average Bonchev–Trinajstić information content (AvgIpc) is 2.25. The summed E-state index contributed by atoms with van der Waals surface area (Å²) in [5.74, 6) is -0.309. The number of halogens is 3. The fourth-order valence-electron chi connectivity index (χ4n) is 1.25. The minimum absolute atomic E-state index is 0.0271. The standard InChI is InChI=1S/C11H12F3NO2/c1-7(16)15-6-10(17)8-2-4-9(5-3-8)11(12,13)14/h2-5,10,17H,6H2,1H3,(H,15,16). The lowest BCUT2D eigenvalue weighted by Crippen LogP contribution is -2.25. The Kier molecular flexibility index (Phi) is 4.11. The van der Waals surface area contributed by atoms with Crippen LogP contribution in [0.1, 0.15) is 24.2 Å². The van der Waals surface area contributed by atoms with Crippen molar-refractivity contribution >= 4 is 5.91 Å². The van der Waals surface area contributed by atoms with Crippen LogP contribution >= 0.6 is 0 Å². The van der Waals surface area contributed by atoms with E-state index < -0.39 is 17.8 Å². The molecule has 6 heteroatoms. The highest BCUT2D eigenvalue weighted by Gasteiger charge is 2.30. The number of benzene rings is 1. The minimum atomic E-state index is -4.39. The first kappa shape index (κ1) is 13.5. The summed E-state index contributed by atoms with van der Waals surface area (Å²) in [6.45, 7) is 1.26. The second-order valence-electron chi connectivity index (χ2n) is 3.57. The molecule has 94 valence electrons. The summed E-state index contributed by atoms with van der Waals surface area (Å²) >= 11 is 0. The van der Waals surface area contributed by atoms with E-state index in [0.717, 1.165) is 12.1 Å². The summed E-state index contributed by atoms with van der Waals surface area (Å²) in [5, 5.41) is 11.9. The molecule has 1 aromatic carbocycles. The summed E-state index contributed by atoms with van der Waals surface area (Å²) in [6.07, 6.45) is -5.40. The van der Waals surface area contributed by atoms with E-state index in [1.807, 2.05) is 0 Å². The zero-order chi connectivity index (χ0) is 13.1. The molecule has 1 amide bonds. The Morgan fingerprint density at radius 2 is 1.88 bits per heavy atom. The fraction of sp³-hybridized carbons (Fsp3) is 0.364. The average molecular weight is 247 g/mol. The van der Waals surface area contributed by atoms with Crippen molar-refractivity contribution in [3.63, 3.8) is 0 Å². The Hall–Kier alpha value is -1.56. The van der Waals surface area contributed by atoms with E-state index in [0.29, 0.717) is 5.56 Å². The predicted molar refractivity (Wildman–Crippen MR) is 55.1 cm³/mol. The molecule has 1 atom stereocenters. The van der Waals surface area contributed by atoms with Crippen molar-refractivity contribution in [1.82, 2.24) is 5.32 Å². The van der Waals surface area contributed by atoms with Crippen molar-refractivity contribution in [2.45, 2.75) is 19.2 Å². The number of hydrogen-bond acceptors (Lipinski definition) is 2. The van der Waals surface area contributed by atoms with E-state index >= 15 is 0 Å². The van der Waals surface area contributed by atoms with Gasteiger partial charge in [-0.1, -0.05) is 12.1 Å². The SMILES string of the molecule is CC(=O)NCC(O)c1ccc(C(F)(F)F)cc1. The van der Waals surface area contributed by atoms with E-state index in [1.165, 1.54) is 19.1 Å². The van der Waals surface area contributed by atoms with Gasteiger partial charge in [0.2, 0.25) is 5.91 Å². The van der Waals surface area contributed by atoms with Gasteiger partial charge in [0.15, 0.2) is 0 Å². The molecular formula is C11H12F3NO2. The Bertz CT molecular complexity index is 387. The van der Waals surface area contributed by atoms with Crippen LogP contribution in [0.25, 0.3) is 0 Å². The molecule has 0 aromatic heterocycles. The topological polar surface area (TPSA) is 49.3 Å². The second-order valence-corrected chi connectivity index (χ2v) is 3.57. The molecule has 0 aliphatic carbocycles. The molecule has 2 N–H and O–H groups in total. The molecule has 3 nitrogen and oxygen atoms in total. The first-order valence-corrected chi connectivity index (χ1v) is 4.90. The Balaban J connectivity index is 2.70. The molecule has 17 heavy (non-hydrogen) atoms. The number of aliphatic hydroxyl groups is 1. The smallest absolute Gasteiger partial charge is 0.387 e. The second kappa shape index (κ2) is 5.18. The predicted octanol–water partition coefficient (Wildman–Crippen LogP) is 1.87. The zero-order valence-electron chi connectivity index (χ0n) is 9.08. The van der Waals surface area contributed by atoms with E-state index in [1.54, 1.807) is 0 Å². The monoisotopic (exact) mass is 247 g/mol. The molecule has 0 bridgehead atoms. The summed E-state index contributed by atoms with van der Waals surface area (Å²) < 4.78 is 36.8. The van der Waals surface area contributed by atoms with Gasteiger partial charge in [0, 0.05) is 13.5 Å². The molecule has 0 saturated carbocycles. The maximum atomic E-state index is 12.3. The molecule has 1 aromatic rings. The van der Waals surface area contributed by atoms with Crippen LogP contribution in [0, 0.1) is 0 Å². The zero-order valence-corrected chi connectivity index (χ0v) is 9.08. The Morgan fingerprint density at radius 3 is 2.29 bits per heavy atom. The van der Waals surface area contributed by atoms with Crippen LogP contribution in [0.4, 0.5) is 13.2 Å². The molecule has 1 rings (SSSR count). The van der Waals surface area contributed by atoms with Crippen LogP contribution in [0.5, 0.6) is 0 Å². The maximum Gasteiger partial charge on any atom is 0.416 e. The summed E-state index contributed by atoms with van der Waals surface area (Å²) in [5.41, 5.74) is -0.445. The number of hydrogen-bond donors (Lipinski definition) is 2. The minimum Gasteiger partial charge on any atom is -0.387 e. The number of nitrogens with one attached hydrogen (secondary N) is 1. The van der Waals surface area contributed by atoms with Gasteiger partial charge in [0.05, 0.1) is 11.7 Å². The lowest BCUT2D eigenvalue weighted by molar-refractivity contribution is -0.137. The lowest BCUT2D eigenvalue weighted by atomic mass is 10.1. The highest BCUT2D eigenvalue weighted by atomic mass is 19.4. The van der Waals surface area contributed by atoms with E-state index in [4.69, 9.17) is 0 Å². The van der Waals surface area contributed by atoms with Crippen molar-refractivity contribution in [2.75, 3.05) is 6.54 Å². The fourth-order valence-corrected chi connectivity index (χ4v) is 1.25. The highest BCUT2D eigenvalue weighted by Crippen LogP contribution is 2.29. The number of aliphatic hydroxyl groups excluding tert-OH is 1. The third-order valence-electron chi connectivity index (χ3n) is 2.17. The number of rotatable bonds is 3. The molecule has 0 heterocycles. The first-order valence-electron chi connectivity index (χ1n) is 4.90. The van der Waals surface area contributed by atoms with Crippen molar-refractivity contribution in [2.24, 2.45) is 0 Å². The van der Waals surface area contributed by atoms with Gasteiger partial charge < -0.3 is 10.4 Å². The Morgan fingerprint density at radius 1 is 1.35 bits per heavy atom. The number of alkyl halides is 3. The molecular weight excluding hydrogens is 235 g/mol. The van der Waals surface area contributed by atoms with E-state index in [2.05, 4.69) is 5.32 Å². The highest BCUT2D eigenvalue weighted by molar-refractivity contribution is 5.72. The summed E-state index contributed by atoms with van der Waals surface area (Å²) in [6, 6.07) is 4.17. The van der Waals surface area contributed by atoms with Gasteiger partial charge in [-0.3, -0.25) is 4.79 Å². The van der Waals surface area contributed by atoms with Gasteiger partial charge in [-0.2, -0.15) is 13.2 Å². The maximum absolute atomic E-state index is 12.3. The molecule has 0 aliphatic heterocycles. The molecule has 0 spiro atoms. The number of carbonyl (C=O) groups is 1. The molecule has 0 fully saturated rings. The van der Waals surface area contributed by atoms with E-state index in [9.17, 15) is 23.1 Å². The quantitative estimate of drug-likeness (QED) is 0.856. The van der Waals surface area contributed by atoms with Gasteiger partial charge in [0.1, 0.15) is 0 Å². The van der Waals surface area contributed by atoms with Gasteiger partial charge >= 0.3 is 6.18 Å². The van der Waals surface area contributed by atoms with Crippen LogP contribution in [-0.2, 0) is 11.0 Å². The van der Waals surface area contributed by atoms with Crippen LogP contribution < -0.4 is 5.32 Å².